The van der Waals surface area contributed by atoms with Gasteiger partial charge in [0.15, 0.2) is 5.13 Å². The van der Waals surface area contributed by atoms with E-state index in [0.29, 0.717) is 0 Å². The minimum atomic E-state index is -1.49. The number of carboxylic acids is 1. The third-order valence-corrected chi connectivity index (χ3v) is 3.63. The number of ether oxygens (including phenoxy) is 1. The van der Waals surface area contributed by atoms with Crippen molar-refractivity contribution in [3.63, 3.8) is 0 Å². The van der Waals surface area contributed by atoms with Gasteiger partial charge in [-0.25, -0.2) is 19.4 Å². The molecule has 0 bridgehead atoms. The van der Waals surface area contributed by atoms with E-state index in [1.807, 2.05) is 0 Å². The number of rotatable bonds is 6. The number of carbonyl (C=O) groups is 3. The number of aliphatic carboxylic acids is 1. The topological polar surface area (TPSA) is 136 Å². The van der Waals surface area contributed by atoms with Gasteiger partial charge in [0.05, 0.1) is 0 Å². The maximum atomic E-state index is 11.7. The number of nitrogens with one attached hydrogen (secondary N) is 1. The molecule has 1 rings (SSSR count). The zero-order chi connectivity index (χ0) is 20.1. The maximum absolute atomic E-state index is 11.7. The number of nitrogens with zero attached hydrogens (tertiary/aromatic N) is 2. The molecule has 142 valence electrons. The monoisotopic (exact) mass is 405 g/mol. The number of amides is 1. The van der Waals surface area contributed by atoms with Crippen LogP contribution >= 0.6 is 22.9 Å². The predicted octanol–water partition coefficient (Wildman–Crippen LogP) is 1.43. The van der Waals surface area contributed by atoms with Crippen LogP contribution in [0.1, 0.15) is 33.4 Å². The fraction of sp³-hybridized carbons (Fsp3) is 0.462. The number of hydrogen-bond acceptors (Lipinski definition) is 9. The summed E-state index contributed by atoms with van der Waals surface area (Å²) in [5, 5.41) is 15.0. The molecule has 26 heavy (non-hydrogen) atoms. The molecule has 0 saturated carbocycles. The highest BCUT2D eigenvalue weighted by molar-refractivity contribution is 7.20. The van der Waals surface area contributed by atoms with Gasteiger partial charge in [-0.2, -0.15) is 0 Å². The Kier molecular flexibility index (Phi) is 7.39. The van der Waals surface area contributed by atoms with Crippen molar-refractivity contribution in [2.75, 3.05) is 5.32 Å². The molecule has 1 amide bonds. The van der Waals surface area contributed by atoms with Gasteiger partial charge in [-0.05, 0) is 27.7 Å². The van der Waals surface area contributed by atoms with Crippen LogP contribution in [0.3, 0.4) is 0 Å². The molecule has 0 saturated heterocycles. The second kappa shape index (κ2) is 8.85. The van der Waals surface area contributed by atoms with E-state index in [2.05, 4.69) is 20.1 Å². The quantitative estimate of drug-likeness (QED) is 0.412. The summed E-state index contributed by atoms with van der Waals surface area (Å²) in [7, 11) is 1.15. The summed E-state index contributed by atoms with van der Waals surface area (Å²) in [6, 6.07) is 0. The first-order valence-corrected chi connectivity index (χ1v) is 8.35. The average molecular weight is 406 g/mol. The summed E-state index contributed by atoms with van der Waals surface area (Å²) in [5.74, 6) is -2.23. The molecule has 0 aliphatic carbocycles. The van der Waals surface area contributed by atoms with Crippen LogP contribution in [0.15, 0.2) is 5.16 Å². The summed E-state index contributed by atoms with van der Waals surface area (Å²) in [5.41, 5.74) is -1.59. The second-order valence-corrected chi connectivity index (χ2v) is 7.39. The number of halogens is 1. The van der Waals surface area contributed by atoms with E-state index in [4.69, 9.17) is 21.2 Å². The van der Waals surface area contributed by atoms with Gasteiger partial charge in [-0.15, -0.1) is 0 Å². The Morgan fingerprint density at radius 3 is 2.50 bits per heavy atom. The normalized spacial score (nSPS) is 12.9. The molecule has 13 heteroatoms. The lowest BCUT2D eigenvalue weighted by molar-refractivity contribution is -0.146. The van der Waals surface area contributed by atoms with E-state index in [9.17, 15) is 19.5 Å². The van der Waals surface area contributed by atoms with E-state index in [0.717, 1.165) is 19.4 Å². The first-order valence-electron chi connectivity index (χ1n) is 7.16. The van der Waals surface area contributed by atoms with Crippen molar-refractivity contribution < 1.29 is 33.7 Å². The van der Waals surface area contributed by atoms with Crippen molar-refractivity contribution in [3.05, 3.63) is 10.0 Å². The molecule has 0 aromatic carbocycles. The lowest BCUT2D eigenvalue weighted by Crippen LogP contribution is -2.27. The zero-order valence-corrected chi connectivity index (χ0v) is 16.2. The van der Waals surface area contributed by atoms with Gasteiger partial charge in [-0.3, -0.25) is 5.32 Å². The van der Waals surface area contributed by atoms with Crippen LogP contribution in [-0.2, 0) is 23.8 Å². The molecule has 0 radical (unpaired) electrons. The Morgan fingerprint density at radius 1 is 1.38 bits per heavy atom. The molecule has 1 aromatic heterocycles. The van der Waals surface area contributed by atoms with Crippen molar-refractivity contribution in [3.8, 4) is 0 Å². The average Bonchev–Trinajstić information content (AvgIpc) is 2.84. The zero-order valence-electron chi connectivity index (χ0n) is 14.7. The number of hydrogen-bond donors (Lipinski definition) is 2. The third kappa shape index (κ3) is 6.52. The molecular weight excluding hydrogens is 388 g/mol. The summed E-state index contributed by atoms with van der Waals surface area (Å²) >= 11 is 6.79. The molecule has 1 heterocycles. The van der Waals surface area contributed by atoms with Crippen molar-refractivity contribution in [2.45, 2.75) is 39.4 Å². The number of oxime groups is 1. The van der Waals surface area contributed by atoms with Gasteiger partial charge >= 0.3 is 26.1 Å². The highest BCUT2D eigenvalue weighted by Gasteiger charge is 2.25. The van der Waals surface area contributed by atoms with Crippen LogP contribution in [0.25, 0.3) is 0 Å². The highest BCUT2D eigenvalue weighted by Crippen LogP contribution is 2.29. The molecule has 0 aliphatic rings. The van der Waals surface area contributed by atoms with E-state index in [1.165, 1.54) is 6.92 Å². The molecule has 0 fully saturated rings. The number of carboxylic acid groups (broad SMARTS) is 1. The van der Waals surface area contributed by atoms with Crippen LogP contribution in [0.2, 0.25) is 4.34 Å². The predicted molar refractivity (Wildman–Crippen MR) is 96.3 cm³/mol. The van der Waals surface area contributed by atoms with Crippen LogP contribution in [0.4, 0.5) is 9.93 Å². The van der Waals surface area contributed by atoms with Gasteiger partial charge in [0, 0.05) is 0 Å². The molecular formula is C13H17BClN3O7S. The van der Waals surface area contributed by atoms with Gasteiger partial charge in [-0.1, -0.05) is 28.1 Å². The lowest BCUT2D eigenvalue weighted by atomic mass is 10.2. The fourth-order valence-electron chi connectivity index (χ4n) is 1.42. The largest absolute Gasteiger partial charge is 0.541 e. The minimum absolute atomic E-state index is 0.00853. The summed E-state index contributed by atoms with van der Waals surface area (Å²) in [6.45, 7) is 6.37. The van der Waals surface area contributed by atoms with Gasteiger partial charge < -0.3 is 19.3 Å². The Morgan fingerprint density at radius 2 is 2.00 bits per heavy atom. The van der Waals surface area contributed by atoms with Crippen molar-refractivity contribution in [2.24, 2.45) is 5.16 Å². The van der Waals surface area contributed by atoms with E-state index in [1.54, 1.807) is 20.8 Å². The van der Waals surface area contributed by atoms with E-state index >= 15 is 0 Å². The van der Waals surface area contributed by atoms with Gasteiger partial charge in [0.25, 0.3) is 0 Å². The molecule has 0 unspecified atom stereocenters. The lowest BCUT2D eigenvalue weighted by Gasteiger charge is -2.18. The smallest absolute Gasteiger partial charge is 0.413 e. The van der Waals surface area contributed by atoms with Gasteiger partial charge in [0.1, 0.15) is 15.6 Å². The van der Waals surface area contributed by atoms with Gasteiger partial charge in [0.2, 0.25) is 11.8 Å². The highest BCUT2D eigenvalue weighted by atomic mass is 35.5. The number of anilines is 1. The first-order chi connectivity index (χ1) is 11.9. The van der Waals surface area contributed by atoms with Crippen molar-refractivity contribution >= 4 is 59.9 Å². The third-order valence-electron chi connectivity index (χ3n) is 2.46. The Labute approximate surface area is 158 Å². The number of thiazole rings is 1. The second-order valence-electron chi connectivity index (χ2n) is 5.78. The number of carbonyl (C=O) groups excluding carboxylic acids is 2. The Bertz CT molecular complexity index is 732. The maximum Gasteiger partial charge on any atom is 0.413 e. The van der Waals surface area contributed by atoms with Crippen LogP contribution in [0, 0.1) is 0 Å². The molecule has 1 aromatic rings. The first kappa shape index (κ1) is 21.7. The van der Waals surface area contributed by atoms with Crippen LogP contribution in [0.5, 0.6) is 0 Å². The Balaban J connectivity index is 3.00. The molecule has 2 N–H and O–H groups in total. The standard InChI is InChI=1S/C13H17BClN3O7S/c1-5(10(21)24-14)25-18-7(9(19)20)6-8(15)26-11(16-6)17-12(22)23-13(2,3)4/h5H,14H2,1-4H3,(H,19,20)(H,16,17,22)/b18-7-/t5-/m1/s1. The summed E-state index contributed by atoms with van der Waals surface area (Å²) in [4.78, 5) is 43.1. The minimum Gasteiger partial charge on any atom is -0.541 e. The van der Waals surface area contributed by atoms with Crippen LogP contribution < -0.4 is 5.32 Å². The molecule has 0 aliphatic heterocycles. The van der Waals surface area contributed by atoms with Crippen molar-refractivity contribution in [1.82, 2.24) is 4.98 Å². The van der Waals surface area contributed by atoms with E-state index in [-0.39, 0.29) is 15.2 Å². The fourth-order valence-corrected chi connectivity index (χ4v) is 2.45. The van der Waals surface area contributed by atoms with E-state index < -0.39 is 35.4 Å². The van der Waals surface area contributed by atoms with Crippen LogP contribution in [-0.4, -0.2) is 53.6 Å². The summed E-state index contributed by atoms with van der Waals surface area (Å²) in [6.07, 6.45) is -1.91. The molecule has 1 atom stereocenters. The van der Waals surface area contributed by atoms with Crippen molar-refractivity contribution in [1.29, 1.82) is 0 Å². The molecule has 10 nitrogen and oxygen atoms in total. The summed E-state index contributed by atoms with van der Waals surface area (Å²) < 4.78 is 9.46. The molecule has 0 spiro atoms. The SMILES string of the molecule is BOC(=O)[C@@H](C)O/N=C(\C(=O)O)c1nc(NC(=O)OC(C)(C)C)sc1Cl. The number of aromatic nitrogens is 1. The Hall–Kier alpha value is -2.34.